The minimum Gasteiger partial charge on any atom is -0.488 e. The molecule has 26 heavy (non-hydrogen) atoms. The van der Waals surface area contributed by atoms with Crippen LogP contribution >= 0.6 is 0 Å². The lowest BCUT2D eigenvalue weighted by atomic mass is 10.1. The van der Waals surface area contributed by atoms with Crippen LogP contribution in [0.5, 0.6) is 5.75 Å². The number of nitro benzene ring substituents is 1. The van der Waals surface area contributed by atoms with Crippen molar-refractivity contribution < 1.29 is 24.0 Å². The number of rotatable bonds is 5. The largest absolute Gasteiger partial charge is 0.488 e. The van der Waals surface area contributed by atoms with Gasteiger partial charge in [0.15, 0.2) is 6.61 Å². The highest BCUT2D eigenvalue weighted by atomic mass is 16.6. The molecule has 0 aliphatic carbocycles. The number of hydrogen-bond donors (Lipinski definition) is 1. The van der Waals surface area contributed by atoms with Gasteiger partial charge in [-0.15, -0.1) is 0 Å². The van der Waals surface area contributed by atoms with E-state index in [1.54, 1.807) is 18.2 Å². The van der Waals surface area contributed by atoms with E-state index in [1.807, 2.05) is 12.1 Å². The molecule has 8 heteroatoms. The van der Waals surface area contributed by atoms with Crippen LogP contribution in [0.25, 0.3) is 6.08 Å². The van der Waals surface area contributed by atoms with Crippen molar-refractivity contribution in [2.45, 2.75) is 0 Å². The van der Waals surface area contributed by atoms with Crippen molar-refractivity contribution in [2.75, 3.05) is 18.5 Å². The number of carbonyl (C=O) groups excluding carboxylic acids is 2. The molecule has 0 aromatic heterocycles. The summed E-state index contributed by atoms with van der Waals surface area (Å²) in [5.74, 6) is -0.585. The fourth-order valence-electron chi connectivity index (χ4n) is 2.35. The van der Waals surface area contributed by atoms with E-state index in [0.29, 0.717) is 11.3 Å². The van der Waals surface area contributed by atoms with E-state index in [4.69, 9.17) is 9.47 Å². The SMILES string of the molecule is O=C(COC(=O)C1=Cc2ccccc2OC1)Nc1cccc([N+](=O)[O-])c1. The zero-order valence-corrected chi connectivity index (χ0v) is 13.5. The van der Waals surface area contributed by atoms with Crippen LogP contribution in [0.1, 0.15) is 5.56 Å². The van der Waals surface area contributed by atoms with Crippen LogP contribution < -0.4 is 10.1 Å². The summed E-state index contributed by atoms with van der Waals surface area (Å²) in [5.41, 5.74) is 1.15. The Labute approximate surface area is 148 Å². The molecule has 132 valence electrons. The van der Waals surface area contributed by atoms with Crippen LogP contribution in [0, 0.1) is 10.1 Å². The van der Waals surface area contributed by atoms with Gasteiger partial charge in [0.1, 0.15) is 12.4 Å². The number of carbonyl (C=O) groups is 2. The molecule has 0 radical (unpaired) electrons. The monoisotopic (exact) mass is 354 g/mol. The lowest BCUT2D eigenvalue weighted by molar-refractivity contribution is -0.384. The average molecular weight is 354 g/mol. The molecule has 0 saturated carbocycles. The third-order valence-electron chi connectivity index (χ3n) is 3.57. The van der Waals surface area contributed by atoms with Crippen molar-refractivity contribution in [1.82, 2.24) is 0 Å². The Morgan fingerprint density at radius 2 is 2.00 bits per heavy atom. The standard InChI is InChI=1S/C18H14N2O6/c21-17(19-14-5-3-6-15(9-14)20(23)24)11-26-18(22)13-8-12-4-1-2-7-16(12)25-10-13/h1-9H,10-11H2,(H,19,21). The lowest BCUT2D eigenvalue weighted by Crippen LogP contribution is -2.23. The first kappa shape index (κ1) is 17.2. The van der Waals surface area contributed by atoms with Crippen molar-refractivity contribution >= 4 is 29.3 Å². The van der Waals surface area contributed by atoms with Crippen molar-refractivity contribution in [3.8, 4) is 5.75 Å². The van der Waals surface area contributed by atoms with Crippen molar-refractivity contribution in [3.05, 3.63) is 69.8 Å². The number of ether oxygens (including phenoxy) is 2. The van der Waals surface area contributed by atoms with Crippen LogP contribution in [-0.4, -0.2) is 30.0 Å². The number of esters is 1. The van der Waals surface area contributed by atoms with Crippen LogP contribution in [0.4, 0.5) is 11.4 Å². The zero-order chi connectivity index (χ0) is 18.5. The minimum atomic E-state index is -0.659. The topological polar surface area (TPSA) is 108 Å². The van der Waals surface area contributed by atoms with E-state index in [9.17, 15) is 19.7 Å². The van der Waals surface area contributed by atoms with E-state index in [-0.39, 0.29) is 18.0 Å². The Hall–Kier alpha value is -3.68. The first-order chi connectivity index (χ1) is 12.5. The van der Waals surface area contributed by atoms with Crippen LogP contribution in [0.2, 0.25) is 0 Å². The summed E-state index contributed by atoms with van der Waals surface area (Å²) in [7, 11) is 0. The molecule has 0 unspecified atom stereocenters. The third-order valence-corrected chi connectivity index (χ3v) is 3.57. The molecule has 0 spiro atoms. The summed E-state index contributed by atoms with van der Waals surface area (Å²) in [5, 5.41) is 13.2. The predicted octanol–water partition coefficient (Wildman–Crippen LogP) is 2.55. The molecule has 1 N–H and O–H groups in total. The predicted molar refractivity (Wildman–Crippen MR) is 92.6 cm³/mol. The van der Waals surface area contributed by atoms with Gasteiger partial charge in [0, 0.05) is 23.4 Å². The Morgan fingerprint density at radius 3 is 2.81 bits per heavy atom. The number of para-hydroxylation sites is 1. The summed E-state index contributed by atoms with van der Waals surface area (Å²) in [6, 6.07) is 12.7. The summed E-state index contributed by atoms with van der Waals surface area (Å²) in [4.78, 5) is 34.1. The lowest BCUT2D eigenvalue weighted by Gasteiger charge is -2.16. The second kappa shape index (κ2) is 7.47. The maximum absolute atomic E-state index is 12.1. The quantitative estimate of drug-likeness (QED) is 0.502. The van der Waals surface area contributed by atoms with E-state index < -0.39 is 23.4 Å². The Morgan fingerprint density at radius 1 is 1.19 bits per heavy atom. The number of nitro groups is 1. The van der Waals surface area contributed by atoms with Gasteiger partial charge in [-0.05, 0) is 18.2 Å². The smallest absolute Gasteiger partial charge is 0.338 e. The minimum absolute atomic E-state index is 0.0579. The summed E-state index contributed by atoms with van der Waals surface area (Å²) in [6.45, 7) is -0.455. The molecule has 8 nitrogen and oxygen atoms in total. The maximum Gasteiger partial charge on any atom is 0.338 e. The molecule has 0 atom stereocenters. The number of anilines is 1. The first-order valence-electron chi connectivity index (χ1n) is 7.67. The zero-order valence-electron chi connectivity index (χ0n) is 13.5. The normalized spacial score (nSPS) is 12.2. The molecule has 0 saturated heterocycles. The molecular formula is C18H14N2O6. The Kier molecular flexibility index (Phi) is 4.93. The van der Waals surface area contributed by atoms with E-state index in [0.717, 1.165) is 5.56 Å². The number of benzene rings is 2. The molecule has 1 aliphatic rings. The molecule has 0 fully saturated rings. The van der Waals surface area contributed by atoms with Gasteiger partial charge in [0.25, 0.3) is 11.6 Å². The van der Waals surface area contributed by atoms with Gasteiger partial charge >= 0.3 is 5.97 Å². The third kappa shape index (κ3) is 4.04. The fraction of sp³-hybridized carbons (Fsp3) is 0.111. The number of amides is 1. The Bertz CT molecular complexity index is 906. The highest BCUT2D eigenvalue weighted by Gasteiger charge is 2.19. The number of nitrogens with one attached hydrogen (secondary N) is 1. The number of non-ortho nitro benzene ring substituents is 1. The number of hydrogen-bond acceptors (Lipinski definition) is 6. The summed E-state index contributed by atoms with van der Waals surface area (Å²) in [6.07, 6.45) is 1.65. The molecule has 1 amide bonds. The van der Waals surface area contributed by atoms with Crippen molar-refractivity contribution in [2.24, 2.45) is 0 Å². The van der Waals surface area contributed by atoms with Gasteiger partial charge in [-0.2, -0.15) is 0 Å². The van der Waals surface area contributed by atoms with E-state index in [2.05, 4.69) is 5.32 Å². The van der Waals surface area contributed by atoms with E-state index >= 15 is 0 Å². The van der Waals surface area contributed by atoms with Gasteiger partial charge < -0.3 is 14.8 Å². The molecule has 0 bridgehead atoms. The van der Waals surface area contributed by atoms with Crippen LogP contribution in [0.15, 0.2) is 54.1 Å². The average Bonchev–Trinajstić information content (AvgIpc) is 2.66. The molecule has 2 aromatic rings. The molecule has 1 heterocycles. The highest BCUT2D eigenvalue weighted by Crippen LogP contribution is 2.26. The number of nitrogens with zero attached hydrogens (tertiary/aromatic N) is 1. The molecule has 2 aromatic carbocycles. The van der Waals surface area contributed by atoms with Crippen LogP contribution in [-0.2, 0) is 14.3 Å². The molecular weight excluding hydrogens is 340 g/mol. The van der Waals surface area contributed by atoms with Gasteiger partial charge in [-0.1, -0.05) is 24.3 Å². The second-order valence-electron chi connectivity index (χ2n) is 5.43. The molecule has 1 aliphatic heterocycles. The summed E-state index contributed by atoms with van der Waals surface area (Å²) >= 11 is 0. The van der Waals surface area contributed by atoms with E-state index in [1.165, 1.54) is 24.3 Å². The summed E-state index contributed by atoms with van der Waals surface area (Å²) < 4.78 is 10.4. The van der Waals surface area contributed by atoms with Crippen LogP contribution in [0.3, 0.4) is 0 Å². The first-order valence-corrected chi connectivity index (χ1v) is 7.67. The number of fused-ring (bicyclic) bond motifs is 1. The highest BCUT2D eigenvalue weighted by molar-refractivity contribution is 5.98. The van der Waals surface area contributed by atoms with Gasteiger partial charge in [0.05, 0.1) is 10.5 Å². The Balaban J connectivity index is 1.56. The van der Waals surface area contributed by atoms with Crippen molar-refractivity contribution in [1.29, 1.82) is 0 Å². The van der Waals surface area contributed by atoms with Crippen molar-refractivity contribution in [3.63, 3.8) is 0 Å². The van der Waals surface area contributed by atoms with Gasteiger partial charge in [-0.25, -0.2) is 4.79 Å². The van der Waals surface area contributed by atoms with Gasteiger partial charge in [0.2, 0.25) is 0 Å². The fourth-order valence-corrected chi connectivity index (χ4v) is 2.35. The molecule has 3 rings (SSSR count). The van der Waals surface area contributed by atoms with Gasteiger partial charge in [-0.3, -0.25) is 14.9 Å². The maximum atomic E-state index is 12.1. The second-order valence-corrected chi connectivity index (χ2v) is 5.43.